The van der Waals surface area contributed by atoms with Gasteiger partial charge in [0.2, 0.25) is 0 Å². The molecule has 0 aliphatic heterocycles. The highest BCUT2D eigenvalue weighted by atomic mass is 35.7. The Morgan fingerprint density at radius 2 is 1.73 bits per heavy atom. The van der Waals surface area contributed by atoms with Crippen molar-refractivity contribution in [2.45, 2.75) is 4.90 Å². The highest BCUT2D eigenvalue weighted by Crippen LogP contribution is 2.28. The Balaban J connectivity index is 2.85. The Kier molecular flexibility index (Phi) is 2.63. The summed E-state index contributed by atoms with van der Waals surface area (Å²) in [5.74, 6) is 0. The Hall–Kier alpha value is -0.770. The third-order valence-electron chi connectivity index (χ3n) is 2.07. The van der Waals surface area contributed by atoms with Crippen LogP contribution < -0.4 is 0 Å². The van der Waals surface area contributed by atoms with E-state index in [-0.39, 0.29) is 4.90 Å². The standard InChI is InChI=1S/C10H6Cl2O2S/c11-10-6-8(15(12,13)14)5-7-3-1-2-4-9(7)10/h1-6H. The van der Waals surface area contributed by atoms with Crippen molar-refractivity contribution < 1.29 is 8.42 Å². The Labute approximate surface area is 96.8 Å². The summed E-state index contributed by atoms with van der Waals surface area (Å²) in [6.45, 7) is 0. The van der Waals surface area contributed by atoms with Crippen LogP contribution in [-0.2, 0) is 9.05 Å². The normalized spacial score (nSPS) is 11.9. The molecular weight excluding hydrogens is 255 g/mol. The van der Waals surface area contributed by atoms with Gasteiger partial charge in [-0.2, -0.15) is 0 Å². The van der Waals surface area contributed by atoms with Crippen molar-refractivity contribution in [1.82, 2.24) is 0 Å². The minimum Gasteiger partial charge on any atom is -0.207 e. The fourth-order valence-corrected chi connectivity index (χ4v) is 2.53. The van der Waals surface area contributed by atoms with Crippen molar-refractivity contribution in [2.75, 3.05) is 0 Å². The first-order valence-electron chi connectivity index (χ1n) is 4.11. The van der Waals surface area contributed by atoms with E-state index in [1.165, 1.54) is 12.1 Å². The molecule has 0 bridgehead atoms. The van der Waals surface area contributed by atoms with Gasteiger partial charge in [-0.05, 0) is 17.5 Å². The van der Waals surface area contributed by atoms with Crippen molar-refractivity contribution in [2.24, 2.45) is 0 Å². The van der Waals surface area contributed by atoms with Crippen LogP contribution in [0.25, 0.3) is 10.8 Å². The van der Waals surface area contributed by atoms with Gasteiger partial charge in [-0.1, -0.05) is 35.9 Å². The summed E-state index contributed by atoms with van der Waals surface area (Å²) >= 11 is 5.95. The summed E-state index contributed by atoms with van der Waals surface area (Å²) in [6.07, 6.45) is 0. The fraction of sp³-hybridized carbons (Fsp3) is 0. The first-order valence-corrected chi connectivity index (χ1v) is 6.80. The van der Waals surface area contributed by atoms with Gasteiger partial charge < -0.3 is 0 Å². The molecule has 0 saturated heterocycles. The Bertz CT molecular complexity index is 620. The summed E-state index contributed by atoms with van der Waals surface area (Å²) in [4.78, 5) is 0.0212. The zero-order valence-electron chi connectivity index (χ0n) is 7.44. The van der Waals surface area contributed by atoms with Gasteiger partial charge in [-0.15, -0.1) is 0 Å². The monoisotopic (exact) mass is 260 g/mol. The number of hydrogen-bond donors (Lipinski definition) is 0. The third kappa shape index (κ3) is 2.09. The lowest BCUT2D eigenvalue weighted by atomic mass is 10.1. The molecule has 0 N–H and O–H groups in total. The molecule has 0 fully saturated rings. The summed E-state index contributed by atoms with van der Waals surface area (Å²) < 4.78 is 22.3. The predicted octanol–water partition coefficient (Wildman–Crippen LogP) is 3.42. The maximum Gasteiger partial charge on any atom is 0.261 e. The van der Waals surface area contributed by atoms with Gasteiger partial charge in [0, 0.05) is 21.1 Å². The van der Waals surface area contributed by atoms with Crippen molar-refractivity contribution >= 4 is 42.1 Å². The van der Waals surface area contributed by atoms with Gasteiger partial charge in [-0.25, -0.2) is 8.42 Å². The molecule has 15 heavy (non-hydrogen) atoms. The quantitative estimate of drug-likeness (QED) is 0.737. The molecule has 0 aliphatic carbocycles. The summed E-state index contributed by atoms with van der Waals surface area (Å²) in [5, 5.41) is 1.94. The maximum atomic E-state index is 11.1. The van der Waals surface area contributed by atoms with Crippen LogP contribution >= 0.6 is 22.3 Å². The zero-order chi connectivity index (χ0) is 11.1. The Morgan fingerprint density at radius 3 is 2.40 bits per heavy atom. The van der Waals surface area contributed by atoms with Crippen LogP contribution in [-0.4, -0.2) is 8.42 Å². The Morgan fingerprint density at radius 1 is 1.07 bits per heavy atom. The van der Waals surface area contributed by atoms with Crippen molar-refractivity contribution in [1.29, 1.82) is 0 Å². The van der Waals surface area contributed by atoms with E-state index < -0.39 is 9.05 Å². The van der Waals surface area contributed by atoms with Gasteiger partial charge in [0.15, 0.2) is 0 Å². The number of benzene rings is 2. The molecule has 0 atom stereocenters. The topological polar surface area (TPSA) is 34.1 Å². The largest absolute Gasteiger partial charge is 0.261 e. The van der Waals surface area contributed by atoms with E-state index in [0.717, 1.165) is 10.8 Å². The average Bonchev–Trinajstić information content (AvgIpc) is 2.16. The smallest absolute Gasteiger partial charge is 0.207 e. The minimum absolute atomic E-state index is 0.0212. The lowest BCUT2D eigenvalue weighted by molar-refractivity contribution is 0.609. The first kappa shape index (κ1) is 10.7. The van der Waals surface area contributed by atoms with Gasteiger partial charge in [-0.3, -0.25) is 0 Å². The minimum atomic E-state index is -3.73. The van der Waals surface area contributed by atoms with Crippen LogP contribution in [0.3, 0.4) is 0 Å². The van der Waals surface area contributed by atoms with Crippen LogP contribution in [0.4, 0.5) is 0 Å². The predicted molar refractivity (Wildman–Crippen MR) is 62.0 cm³/mol. The molecule has 2 nitrogen and oxygen atoms in total. The van der Waals surface area contributed by atoms with Gasteiger partial charge in [0.25, 0.3) is 9.05 Å². The van der Waals surface area contributed by atoms with E-state index in [9.17, 15) is 8.42 Å². The number of halogens is 2. The molecule has 0 aliphatic rings. The van der Waals surface area contributed by atoms with E-state index in [2.05, 4.69) is 0 Å². The molecule has 2 aromatic carbocycles. The lowest BCUT2D eigenvalue weighted by Crippen LogP contribution is -1.90. The van der Waals surface area contributed by atoms with E-state index in [0.29, 0.717) is 5.02 Å². The molecule has 0 unspecified atom stereocenters. The lowest BCUT2D eigenvalue weighted by Gasteiger charge is -2.02. The van der Waals surface area contributed by atoms with Gasteiger partial charge in [0.1, 0.15) is 0 Å². The van der Waals surface area contributed by atoms with E-state index in [1.54, 1.807) is 6.07 Å². The molecule has 5 heteroatoms. The maximum absolute atomic E-state index is 11.1. The molecule has 78 valence electrons. The second-order valence-electron chi connectivity index (χ2n) is 3.06. The molecule has 0 saturated carbocycles. The number of rotatable bonds is 1. The average molecular weight is 261 g/mol. The van der Waals surface area contributed by atoms with Crippen LogP contribution in [0.2, 0.25) is 5.02 Å². The second-order valence-corrected chi connectivity index (χ2v) is 6.04. The molecule has 0 heterocycles. The van der Waals surface area contributed by atoms with Crippen molar-refractivity contribution in [3.8, 4) is 0 Å². The first-order chi connectivity index (χ1) is 6.98. The highest BCUT2D eigenvalue weighted by Gasteiger charge is 2.12. The molecule has 2 rings (SSSR count). The fourth-order valence-electron chi connectivity index (χ4n) is 1.38. The van der Waals surface area contributed by atoms with Gasteiger partial charge >= 0.3 is 0 Å². The SMILES string of the molecule is O=S(=O)(Cl)c1cc(Cl)c2ccccc2c1. The van der Waals surface area contributed by atoms with Crippen molar-refractivity contribution in [3.63, 3.8) is 0 Å². The molecule has 0 aromatic heterocycles. The molecule has 0 radical (unpaired) electrons. The third-order valence-corrected chi connectivity index (χ3v) is 3.71. The summed E-state index contributed by atoms with van der Waals surface area (Å²) in [7, 11) is 1.52. The van der Waals surface area contributed by atoms with Crippen LogP contribution in [0.5, 0.6) is 0 Å². The van der Waals surface area contributed by atoms with Crippen LogP contribution in [0.1, 0.15) is 0 Å². The second kappa shape index (κ2) is 3.67. The number of fused-ring (bicyclic) bond motifs is 1. The highest BCUT2D eigenvalue weighted by molar-refractivity contribution is 8.13. The molecule has 0 amide bonds. The van der Waals surface area contributed by atoms with Crippen LogP contribution in [0.15, 0.2) is 41.3 Å². The number of hydrogen-bond acceptors (Lipinski definition) is 2. The van der Waals surface area contributed by atoms with E-state index in [4.69, 9.17) is 22.3 Å². The van der Waals surface area contributed by atoms with E-state index >= 15 is 0 Å². The van der Waals surface area contributed by atoms with Gasteiger partial charge in [0.05, 0.1) is 4.90 Å². The molecule has 2 aromatic rings. The van der Waals surface area contributed by atoms with E-state index in [1.807, 2.05) is 18.2 Å². The molecule has 0 spiro atoms. The van der Waals surface area contributed by atoms with Crippen LogP contribution in [0, 0.1) is 0 Å². The zero-order valence-corrected chi connectivity index (χ0v) is 9.77. The van der Waals surface area contributed by atoms with Crippen molar-refractivity contribution in [3.05, 3.63) is 41.4 Å². The summed E-state index contributed by atoms with van der Waals surface area (Å²) in [6, 6.07) is 10.1. The summed E-state index contributed by atoms with van der Waals surface area (Å²) in [5.41, 5.74) is 0. The molecular formula is C10H6Cl2O2S.